The molecule has 0 atom stereocenters. The van der Waals surface area contributed by atoms with Crippen LogP contribution in [0.3, 0.4) is 0 Å². The summed E-state index contributed by atoms with van der Waals surface area (Å²) < 4.78 is 31.4. The average molecular weight is 509 g/mol. The van der Waals surface area contributed by atoms with E-state index in [1.807, 2.05) is 24.3 Å². The summed E-state index contributed by atoms with van der Waals surface area (Å²) in [6.07, 6.45) is 2.10. The molecule has 3 aromatic rings. The fraction of sp³-hybridized carbons (Fsp3) is 0.345. The number of nitrogens with zero attached hydrogens (tertiary/aromatic N) is 1. The Balaban J connectivity index is 1.40. The molecule has 0 aromatic heterocycles. The van der Waals surface area contributed by atoms with Gasteiger partial charge in [-0.15, -0.1) is 0 Å². The van der Waals surface area contributed by atoms with Gasteiger partial charge < -0.3 is 29.5 Å². The van der Waals surface area contributed by atoms with Crippen molar-refractivity contribution in [3.63, 3.8) is 0 Å². The van der Waals surface area contributed by atoms with Crippen LogP contribution in [-0.4, -0.2) is 45.0 Å². The number of hydrogen-bond acceptors (Lipinski definition) is 6. The van der Waals surface area contributed by atoms with E-state index < -0.39 is 5.97 Å². The van der Waals surface area contributed by atoms with Gasteiger partial charge >= 0.3 is 5.97 Å². The molecule has 1 aliphatic heterocycles. The lowest BCUT2D eigenvalue weighted by Crippen LogP contribution is -2.33. The summed E-state index contributed by atoms with van der Waals surface area (Å²) in [5.74, 6) is 0.551. The molecule has 0 bridgehead atoms. The number of carboxylic acids is 1. The van der Waals surface area contributed by atoms with Gasteiger partial charge in [0.1, 0.15) is 12.4 Å². The third-order valence-corrected chi connectivity index (χ3v) is 6.58. The third-order valence-electron chi connectivity index (χ3n) is 6.58. The number of halogens is 1. The SMILES string of the molecule is COc1cccc(OC)c1OCCN1CCCc2c(CNc3ccc(CCC(=O)O)c(F)c3)cccc21. The molecule has 0 unspecified atom stereocenters. The Bertz CT molecular complexity index is 1210. The number of carbonyl (C=O) groups is 1. The van der Waals surface area contributed by atoms with Gasteiger partial charge in [0.05, 0.1) is 20.8 Å². The summed E-state index contributed by atoms with van der Waals surface area (Å²) in [4.78, 5) is 13.1. The number of carboxylic acid groups (broad SMARTS) is 1. The molecule has 7 nitrogen and oxygen atoms in total. The summed E-state index contributed by atoms with van der Waals surface area (Å²) >= 11 is 0. The minimum absolute atomic E-state index is 0.0895. The fourth-order valence-electron chi connectivity index (χ4n) is 4.69. The van der Waals surface area contributed by atoms with Crippen molar-refractivity contribution in [1.29, 1.82) is 0 Å². The van der Waals surface area contributed by atoms with Crippen molar-refractivity contribution in [1.82, 2.24) is 0 Å². The van der Waals surface area contributed by atoms with E-state index >= 15 is 0 Å². The number of aryl methyl sites for hydroxylation is 1. The van der Waals surface area contributed by atoms with Gasteiger partial charge in [0.15, 0.2) is 11.5 Å². The van der Waals surface area contributed by atoms with Gasteiger partial charge in [-0.05, 0) is 66.3 Å². The second-order valence-electron chi connectivity index (χ2n) is 8.90. The number of hydrogen-bond donors (Lipinski definition) is 2. The Morgan fingerprint density at radius 3 is 2.51 bits per heavy atom. The number of para-hydroxylation sites is 1. The van der Waals surface area contributed by atoms with Gasteiger partial charge in [-0.1, -0.05) is 24.3 Å². The van der Waals surface area contributed by atoms with Crippen molar-refractivity contribution >= 4 is 17.3 Å². The van der Waals surface area contributed by atoms with Crippen LogP contribution in [0.1, 0.15) is 29.5 Å². The predicted octanol–water partition coefficient (Wildman–Crippen LogP) is 5.30. The highest BCUT2D eigenvalue weighted by atomic mass is 19.1. The van der Waals surface area contributed by atoms with Gasteiger partial charge in [-0.3, -0.25) is 4.79 Å². The van der Waals surface area contributed by atoms with E-state index in [1.165, 1.54) is 22.9 Å². The normalized spacial score (nSPS) is 12.6. The Morgan fingerprint density at radius 2 is 1.81 bits per heavy atom. The number of aliphatic carboxylic acids is 1. The Morgan fingerprint density at radius 1 is 1.05 bits per heavy atom. The highest BCUT2D eigenvalue weighted by Gasteiger charge is 2.20. The molecule has 0 fully saturated rings. The van der Waals surface area contributed by atoms with Crippen LogP contribution in [0.5, 0.6) is 17.2 Å². The molecule has 0 radical (unpaired) electrons. The summed E-state index contributed by atoms with van der Waals surface area (Å²) in [5, 5.41) is 12.2. The maximum atomic E-state index is 14.4. The molecule has 3 aromatic carbocycles. The molecule has 1 aliphatic rings. The lowest BCUT2D eigenvalue weighted by molar-refractivity contribution is -0.136. The van der Waals surface area contributed by atoms with E-state index in [0.29, 0.717) is 48.2 Å². The second kappa shape index (κ2) is 12.3. The quantitative estimate of drug-likeness (QED) is 0.344. The molecule has 0 spiro atoms. The van der Waals surface area contributed by atoms with Crippen LogP contribution in [0.25, 0.3) is 0 Å². The monoisotopic (exact) mass is 508 g/mol. The number of ether oxygens (including phenoxy) is 3. The molecule has 2 N–H and O–H groups in total. The molecule has 37 heavy (non-hydrogen) atoms. The van der Waals surface area contributed by atoms with Crippen LogP contribution in [-0.2, 0) is 24.2 Å². The zero-order valence-electron chi connectivity index (χ0n) is 21.3. The third kappa shape index (κ3) is 6.44. The van der Waals surface area contributed by atoms with Crippen molar-refractivity contribution < 1.29 is 28.5 Å². The summed E-state index contributed by atoms with van der Waals surface area (Å²) in [5.41, 5.74) is 4.73. The molecule has 0 saturated heterocycles. The average Bonchev–Trinajstić information content (AvgIpc) is 2.91. The molecule has 0 saturated carbocycles. The van der Waals surface area contributed by atoms with Crippen molar-refractivity contribution in [2.24, 2.45) is 0 Å². The lowest BCUT2D eigenvalue weighted by atomic mass is 9.96. The van der Waals surface area contributed by atoms with E-state index in [2.05, 4.69) is 22.3 Å². The first-order valence-corrected chi connectivity index (χ1v) is 12.4. The summed E-state index contributed by atoms with van der Waals surface area (Å²) in [6.45, 7) is 2.71. The number of methoxy groups -OCH3 is 2. The smallest absolute Gasteiger partial charge is 0.303 e. The number of fused-ring (bicyclic) bond motifs is 1. The molecule has 0 amide bonds. The van der Waals surface area contributed by atoms with E-state index in [4.69, 9.17) is 19.3 Å². The van der Waals surface area contributed by atoms with E-state index in [1.54, 1.807) is 26.4 Å². The largest absolute Gasteiger partial charge is 0.493 e. The van der Waals surface area contributed by atoms with Crippen molar-refractivity contribution in [3.8, 4) is 17.2 Å². The minimum Gasteiger partial charge on any atom is -0.493 e. The number of nitrogens with one attached hydrogen (secondary N) is 1. The van der Waals surface area contributed by atoms with Crippen LogP contribution < -0.4 is 24.4 Å². The van der Waals surface area contributed by atoms with E-state index in [-0.39, 0.29) is 18.7 Å². The van der Waals surface area contributed by atoms with E-state index in [9.17, 15) is 9.18 Å². The van der Waals surface area contributed by atoms with Crippen molar-refractivity contribution in [2.45, 2.75) is 32.2 Å². The highest BCUT2D eigenvalue weighted by Crippen LogP contribution is 2.37. The molecular formula is C29H33FN2O5. The maximum absolute atomic E-state index is 14.4. The molecule has 0 aliphatic carbocycles. The topological polar surface area (TPSA) is 80.3 Å². The number of benzene rings is 3. The fourth-order valence-corrected chi connectivity index (χ4v) is 4.69. The molecular weight excluding hydrogens is 475 g/mol. The summed E-state index contributed by atoms with van der Waals surface area (Å²) in [7, 11) is 3.22. The van der Waals surface area contributed by atoms with E-state index in [0.717, 1.165) is 19.4 Å². The minimum atomic E-state index is -0.935. The number of rotatable bonds is 12. The molecule has 8 heteroatoms. The first-order valence-electron chi connectivity index (χ1n) is 12.4. The Hall–Kier alpha value is -3.94. The first-order chi connectivity index (χ1) is 18.0. The standard InChI is InChI=1S/C29H33FN2O5/c1-35-26-9-4-10-27(36-2)29(26)37-17-16-32-15-5-7-23-21(6-3-8-25(23)32)19-31-22-13-11-20(24(30)18-22)12-14-28(33)34/h3-4,6,8-11,13,18,31H,5,7,12,14-17,19H2,1-2H3,(H,33,34). The lowest BCUT2D eigenvalue weighted by Gasteiger charge is -2.32. The van der Waals surface area contributed by atoms with Gasteiger partial charge in [-0.25, -0.2) is 4.39 Å². The van der Waals surface area contributed by atoms with Crippen LogP contribution in [0.15, 0.2) is 54.6 Å². The summed E-state index contributed by atoms with van der Waals surface area (Å²) in [6, 6.07) is 16.7. The van der Waals surface area contributed by atoms with Crippen LogP contribution in [0, 0.1) is 5.82 Å². The zero-order valence-corrected chi connectivity index (χ0v) is 21.3. The van der Waals surface area contributed by atoms with Gasteiger partial charge in [-0.2, -0.15) is 0 Å². The molecule has 196 valence electrons. The zero-order chi connectivity index (χ0) is 26.2. The maximum Gasteiger partial charge on any atom is 0.303 e. The van der Waals surface area contributed by atoms with Gasteiger partial charge in [0, 0.05) is 30.9 Å². The number of anilines is 2. The molecule has 4 rings (SSSR count). The van der Waals surface area contributed by atoms with Crippen LogP contribution in [0.2, 0.25) is 0 Å². The Kier molecular flexibility index (Phi) is 8.72. The Labute approximate surface area is 216 Å². The van der Waals surface area contributed by atoms with Crippen LogP contribution in [0.4, 0.5) is 15.8 Å². The first kappa shape index (κ1) is 26.1. The molecule has 1 heterocycles. The predicted molar refractivity (Wildman–Crippen MR) is 142 cm³/mol. The van der Waals surface area contributed by atoms with Crippen molar-refractivity contribution in [3.05, 3.63) is 77.1 Å². The van der Waals surface area contributed by atoms with Crippen molar-refractivity contribution in [2.75, 3.05) is 44.1 Å². The highest BCUT2D eigenvalue weighted by molar-refractivity contribution is 5.67. The van der Waals surface area contributed by atoms with Gasteiger partial charge in [0.25, 0.3) is 0 Å². The second-order valence-corrected chi connectivity index (χ2v) is 8.90. The van der Waals surface area contributed by atoms with Crippen LogP contribution >= 0.6 is 0 Å². The van der Waals surface area contributed by atoms with Gasteiger partial charge in [0.2, 0.25) is 5.75 Å².